The molecule has 0 spiro atoms. The molecule has 6 heteroatoms. The molecule has 26 heavy (non-hydrogen) atoms. The molecule has 0 amide bonds. The average molecular weight is 373 g/mol. The smallest absolute Gasteiger partial charge is 0.338 e. The monoisotopic (exact) mass is 372 g/mol. The number of hydrogen-bond acceptors (Lipinski definition) is 5. The number of fused-ring (bicyclic) bond motifs is 1. The van der Waals surface area contributed by atoms with E-state index in [1.807, 2.05) is 13.8 Å². The summed E-state index contributed by atoms with van der Waals surface area (Å²) in [4.78, 5) is 24.0. The van der Waals surface area contributed by atoms with Crippen LogP contribution < -0.4 is 10.4 Å². The Hall–Kier alpha value is -2.79. The Labute approximate surface area is 155 Å². The van der Waals surface area contributed by atoms with E-state index in [1.165, 1.54) is 6.07 Å². The highest BCUT2D eigenvalue weighted by Gasteiger charge is 2.12. The van der Waals surface area contributed by atoms with Gasteiger partial charge in [0.15, 0.2) is 0 Å². The third kappa shape index (κ3) is 3.89. The zero-order valence-electron chi connectivity index (χ0n) is 14.4. The van der Waals surface area contributed by atoms with Crippen molar-refractivity contribution in [1.82, 2.24) is 0 Å². The molecule has 0 radical (unpaired) electrons. The lowest BCUT2D eigenvalue weighted by Crippen LogP contribution is -2.08. The summed E-state index contributed by atoms with van der Waals surface area (Å²) in [6, 6.07) is 11.4. The Morgan fingerprint density at radius 3 is 2.58 bits per heavy atom. The van der Waals surface area contributed by atoms with Crippen LogP contribution in [-0.4, -0.2) is 12.6 Å². The first-order valence-corrected chi connectivity index (χ1v) is 8.48. The van der Waals surface area contributed by atoms with Crippen molar-refractivity contribution < 1.29 is 18.7 Å². The fourth-order valence-electron chi connectivity index (χ4n) is 2.55. The predicted molar refractivity (Wildman–Crippen MR) is 99.0 cm³/mol. The van der Waals surface area contributed by atoms with Crippen molar-refractivity contribution in [3.05, 3.63) is 74.6 Å². The minimum Gasteiger partial charge on any atom is -0.494 e. The van der Waals surface area contributed by atoms with E-state index in [4.69, 9.17) is 25.5 Å². The van der Waals surface area contributed by atoms with Gasteiger partial charge in [-0.3, -0.25) is 0 Å². The van der Waals surface area contributed by atoms with Crippen LogP contribution in [0.2, 0.25) is 5.02 Å². The summed E-state index contributed by atoms with van der Waals surface area (Å²) in [7, 11) is 0. The maximum absolute atomic E-state index is 12.2. The molecule has 0 aliphatic heterocycles. The zero-order valence-corrected chi connectivity index (χ0v) is 15.1. The summed E-state index contributed by atoms with van der Waals surface area (Å²) in [5, 5.41) is 1.19. The Kier molecular flexibility index (Phi) is 5.28. The van der Waals surface area contributed by atoms with Crippen LogP contribution in [0.1, 0.15) is 28.4 Å². The molecule has 0 aliphatic carbocycles. The summed E-state index contributed by atoms with van der Waals surface area (Å²) < 4.78 is 15.9. The van der Waals surface area contributed by atoms with Gasteiger partial charge in [-0.25, -0.2) is 9.59 Å². The van der Waals surface area contributed by atoms with Gasteiger partial charge in [0.05, 0.1) is 12.2 Å². The highest BCUT2D eigenvalue weighted by molar-refractivity contribution is 6.32. The molecule has 0 unspecified atom stereocenters. The molecule has 0 aliphatic rings. The second kappa shape index (κ2) is 7.62. The fraction of sp³-hybridized carbons (Fsp3) is 0.200. The van der Waals surface area contributed by atoms with Crippen LogP contribution in [0.5, 0.6) is 5.75 Å². The Morgan fingerprint density at radius 2 is 1.88 bits per heavy atom. The lowest BCUT2D eigenvalue weighted by molar-refractivity contribution is 0.0474. The Bertz CT molecular complexity index is 1010. The van der Waals surface area contributed by atoms with E-state index in [9.17, 15) is 9.59 Å². The number of esters is 1. The van der Waals surface area contributed by atoms with Crippen LogP contribution in [0.4, 0.5) is 0 Å². The van der Waals surface area contributed by atoms with Crippen LogP contribution in [0.3, 0.4) is 0 Å². The lowest BCUT2D eigenvalue weighted by atomic mass is 10.1. The van der Waals surface area contributed by atoms with Gasteiger partial charge < -0.3 is 13.9 Å². The van der Waals surface area contributed by atoms with Crippen molar-refractivity contribution >= 4 is 28.5 Å². The second-order valence-corrected chi connectivity index (χ2v) is 6.13. The van der Waals surface area contributed by atoms with Crippen molar-refractivity contribution in [3.8, 4) is 5.75 Å². The second-order valence-electron chi connectivity index (χ2n) is 5.72. The molecule has 0 N–H and O–H groups in total. The fourth-order valence-corrected chi connectivity index (χ4v) is 2.71. The van der Waals surface area contributed by atoms with Crippen molar-refractivity contribution in [2.75, 3.05) is 6.61 Å². The van der Waals surface area contributed by atoms with Crippen molar-refractivity contribution in [1.29, 1.82) is 0 Å². The van der Waals surface area contributed by atoms with E-state index < -0.39 is 11.6 Å². The maximum Gasteiger partial charge on any atom is 0.338 e. The molecule has 3 aromatic rings. The van der Waals surface area contributed by atoms with E-state index in [-0.39, 0.29) is 6.61 Å². The minimum atomic E-state index is -0.508. The first kappa shape index (κ1) is 18.0. The largest absolute Gasteiger partial charge is 0.494 e. The van der Waals surface area contributed by atoms with E-state index in [2.05, 4.69) is 0 Å². The van der Waals surface area contributed by atoms with Crippen molar-refractivity contribution in [2.24, 2.45) is 0 Å². The number of carbonyl (C=O) groups is 1. The summed E-state index contributed by atoms with van der Waals surface area (Å²) in [5.74, 6) is 0.188. The number of ether oxygens (including phenoxy) is 2. The maximum atomic E-state index is 12.2. The van der Waals surface area contributed by atoms with Gasteiger partial charge >= 0.3 is 11.6 Å². The third-order valence-electron chi connectivity index (χ3n) is 3.87. The molecule has 5 nitrogen and oxygen atoms in total. The van der Waals surface area contributed by atoms with E-state index in [0.717, 1.165) is 5.56 Å². The molecule has 0 fully saturated rings. The number of halogens is 1. The molecular weight excluding hydrogens is 356 g/mol. The van der Waals surface area contributed by atoms with E-state index >= 15 is 0 Å². The minimum absolute atomic E-state index is 0.0620. The van der Waals surface area contributed by atoms with Crippen LogP contribution in [-0.2, 0) is 11.3 Å². The summed E-state index contributed by atoms with van der Waals surface area (Å²) in [6.45, 7) is 4.19. The van der Waals surface area contributed by atoms with Gasteiger partial charge in [-0.15, -0.1) is 0 Å². The molecule has 0 saturated carbocycles. The SMILES string of the molecule is CCOc1ccc(C(=O)OCc2cc(=O)oc3cc(C)c(Cl)cc23)cc1. The predicted octanol–water partition coefficient (Wildman–Crippen LogP) is 4.51. The number of benzene rings is 2. The van der Waals surface area contributed by atoms with Crippen LogP contribution in [0, 0.1) is 6.92 Å². The summed E-state index contributed by atoms with van der Waals surface area (Å²) in [5.41, 5.74) is 1.63. The Balaban J connectivity index is 1.81. The third-order valence-corrected chi connectivity index (χ3v) is 4.28. The standard InChI is InChI=1S/C20H17ClO5/c1-3-24-15-6-4-13(5-7-15)20(23)25-11-14-9-19(22)26-18-8-12(2)17(21)10-16(14)18/h4-10H,3,11H2,1-2H3. The molecule has 3 rings (SSSR count). The molecule has 0 atom stereocenters. The van der Waals surface area contributed by atoms with Gasteiger partial charge in [-0.1, -0.05) is 11.6 Å². The molecular formula is C20H17ClO5. The van der Waals surface area contributed by atoms with Crippen molar-refractivity contribution in [2.45, 2.75) is 20.5 Å². The van der Waals surface area contributed by atoms with Gasteiger partial charge in [0, 0.05) is 22.0 Å². The highest BCUT2D eigenvalue weighted by Crippen LogP contribution is 2.25. The summed E-state index contributed by atoms with van der Waals surface area (Å²) >= 11 is 6.16. The highest BCUT2D eigenvalue weighted by atomic mass is 35.5. The quantitative estimate of drug-likeness (QED) is 0.487. The molecule has 0 bridgehead atoms. The molecule has 1 aromatic heterocycles. The topological polar surface area (TPSA) is 65.7 Å². The molecule has 1 heterocycles. The van der Waals surface area contributed by atoms with Crippen molar-refractivity contribution in [3.63, 3.8) is 0 Å². The van der Waals surface area contributed by atoms with Crippen LogP contribution >= 0.6 is 11.6 Å². The number of carbonyl (C=O) groups excluding carboxylic acids is 1. The summed E-state index contributed by atoms with van der Waals surface area (Å²) in [6.07, 6.45) is 0. The molecule has 2 aromatic carbocycles. The number of aryl methyl sites for hydroxylation is 1. The Morgan fingerprint density at radius 1 is 1.15 bits per heavy atom. The zero-order chi connectivity index (χ0) is 18.7. The van der Waals surface area contributed by atoms with E-state index in [0.29, 0.717) is 39.5 Å². The average Bonchev–Trinajstić information content (AvgIpc) is 2.62. The van der Waals surface area contributed by atoms with Gasteiger partial charge in [-0.2, -0.15) is 0 Å². The normalized spacial score (nSPS) is 10.7. The van der Waals surface area contributed by atoms with Gasteiger partial charge in [0.2, 0.25) is 0 Å². The first-order chi connectivity index (χ1) is 12.5. The lowest BCUT2D eigenvalue weighted by Gasteiger charge is -2.09. The van der Waals surface area contributed by atoms with Crippen LogP contribution in [0.15, 0.2) is 51.7 Å². The number of rotatable bonds is 5. The molecule has 134 valence electrons. The van der Waals surface area contributed by atoms with Gasteiger partial charge in [0.25, 0.3) is 0 Å². The number of hydrogen-bond donors (Lipinski definition) is 0. The van der Waals surface area contributed by atoms with Crippen LogP contribution in [0.25, 0.3) is 11.0 Å². The molecule has 0 saturated heterocycles. The first-order valence-electron chi connectivity index (χ1n) is 8.11. The van der Waals surface area contributed by atoms with E-state index in [1.54, 1.807) is 36.4 Å². The van der Waals surface area contributed by atoms with Gasteiger partial charge in [-0.05, 0) is 55.8 Å². The van der Waals surface area contributed by atoms with Gasteiger partial charge in [0.1, 0.15) is 17.9 Å².